The van der Waals surface area contributed by atoms with E-state index in [-0.39, 0.29) is 0 Å². The van der Waals surface area contributed by atoms with Crippen LogP contribution in [-0.4, -0.2) is 66.5 Å². The summed E-state index contributed by atoms with van der Waals surface area (Å²) < 4.78 is 5.90. The number of para-hydroxylation sites is 1. The Kier molecular flexibility index (Phi) is 9.24. The van der Waals surface area contributed by atoms with E-state index >= 15 is 0 Å². The fraction of sp³-hybridized carbons (Fsp3) is 0.680. The summed E-state index contributed by atoms with van der Waals surface area (Å²) in [5, 5.41) is 1.37. The molecular formula is C25H42N4Sn. The standard InChI is InChI=1S/C13H15N4.3C4H9.Sn/c1-16-6-8-17(9-7-16)13-14-10-11-4-2-3-5-12(11)15-13;3*1-3-4-2;/h2-5H,6-9H2,1H3;3*1,3-4H2,2H3;. The van der Waals surface area contributed by atoms with Gasteiger partial charge in [0, 0.05) is 0 Å². The van der Waals surface area contributed by atoms with Gasteiger partial charge in [0.1, 0.15) is 0 Å². The van der Waals surface area contributed by atoms with E-state index in [1.54, 1.807) is 3.71 Å². The van der Waals surface area contributed by atoms with Gasteiger partial charge in [0.25, 0.3) is 0 Å². The van der Waals surface area contributed by atoms with Crippen LogP contribution < -0.4 is 8.61 Å². The summed E-state index contributed by atoms with van der Waals surface area (Å²) in [5.41, 5.74) is 1.17. The Hall–Kier alpha value is -0.881. The van der Waals surface area contributed by atoms with Gasteiger partial charge in [-0.15, -0.1) is 0 Å². The van der Waals surface area contributed by atoms with Crippen molar-refractivity contribution >= 4 is 38.9 Å². The minimum absolute atomic E-state index is 1.00. The van der Waals surface area contributed by atoms with Gasteiger partial charge in [-0.3, -0.25) is 0 Å². The molecule has 166 valence electrons. The number of benzene rings is 1. The molecule has 0 N–H and O–H groups in total. The molecule has 0 aliphatic carbocycles. The zero-order chi connectivity index (χ0) is 21.4. The molecule has 1 aromatic carbocycles. The first kappa shape index (κ1) is 23.8. The van der Waals surface area contributed by atoms with Gasteiger partial charge in [-0.1, -0.05) is 0 Å². The summed E-state index contributed by atoms with van der Waals surface area (Å²) in [4.78, 5) is 15.4. The Morgan fingerprint density at radius 2 is 1.37 bits per heavy atom. The van der Waals surface area contributed by atoms with Crippen molar-refractivity contribution in [3.8, 4) is 0 Å². The molecule has 0 bridgehead atoms. The van der Waals surface area contributed by atoms with Crippen LogP contribution in [-0.2, 0) is 0 Å². The van der Waals surface area contributed by atoms with Gasteiger partial charge in [-0.05, 0) is 0 Å². The number of fused-ring (bicyclic) bond motifs is 1. The quantitative estimate of drug-likeness (QED) is 0.372. The van der Waals surface area contributed by atoms with Crippen LogP contribution in [0.5, 0.6) is 0 Å². The maximum absolute atomic E-state index is 5.47. The van der Waals surface area contributed by atoms with Gasteiger partial charge < -0.3 is 0 Å². The van der Waals surface area contributed by atoms with Crippen LogP contribution in [0.4, 0.5) is 5.95 Å². The number of likely N-dealkylation sites (N-methyl/N-ethyl adjacent to an activating group) is 1. The summed E-state index contributed by atoms with van der Waals surface area (Å²) in [6, 6.07) is 8.87. The Labute approximate surface area is 188 Å². The van der Waals surface area contributed by atoms with Crippen LogP contribution in [0, 0.1) is 0 Å². The van der Waals surface area contributed by atoms with Crippen molar-refractivity contribution in [1.82, 2.24) is 14.9 Å². The van der Waals surface area contributed by atoms with E-state index in [2.05, 4.69) is 61.9 Å². The van der Waals surface area contributed by atoms with Crippen molar-refractivity contribution in [3.63, 3.8) is 0 Å². The molecule has 0 unspecified atom stereocenters. The van der Waals surface area contributed by atoms with Crippen LogP contribution in [0.3, 0.4) is 0 Å². The molecule has 1 aliphatic heterocycles. The summed E-state index contributed by atoms with van der Waals surface area (Å²) >= 11 is -2.65. The average molecular weight is 517 g/mol. The third-order valence-electron chi connectivity index (χ3n) is 6.91. The van der Waals surface area contributed by atoms with Crippen molar-refractivity contribution in [1.29, 1.82) is 0 Å². The molecule has 1 saturated heterocycles. The van der Waals surface area contributed by atoms with E-state index in [4.69, 9.17) is 9.97 Å². The van der Waals surface area contributed by atoms with E-state index in [1.807, 2.05) is 0 Å². The molecule has 4 nitrogen and oxygen atoms in total. The number of nitrogens with zero attached hydrogens (tertiary/aromatic N) is 4. The third kappa shape index (κ3) is 5.67. The molecule has 1 aliphatic rings. The molecule has 2 heterocycles. The van der Waals surface area contributed by atoms with E-state index < -0.39 is 18.4 Å². The zero-order valence-electron chi connectivity index (χ0n) is 19.8. The Bertz CT molecular complexity index is 764. The summed E-state index contributed by atoms with van der Waals surface area (Å²) in [5.74, 6) is 1.00. The molecule has 3 rings (SSSR count). The monoisotopic (exact) mass is 518 g/mol. The molecule has 5 heteroatoms. The second-order valence-corrected chi connectivity index (χ2v) is 22.2. The van der Waals surface area contributed by atoms with Crippen LogP contribution in [0.15, 0.2) is 24.3 Å². The van der Waals surface area contributed by atoms with E-state index in [9.17, 15) is 0 Å². The summed E-state index contributed by atoms with van der Waals surface area (Å²) in [7, 11) is 2.21. The molecular weight excluding hydrogens is 475 g/mol. The molecule has 0 spiro atoms. The first-order valence-electron chi connectivity index (χ1n) is 12.3. The van der Waals surface area contributed by atoms with Crippen LogP contribution >= 0.6 is 0 Å². The molecule has 1 fully saturated rings. The van der Waals surface area contributed by atoms with Crippen molar-refractivity contribution in [2.45, 2.75) is 72.6 Å². The Balaban J connectivity index is 2.11. The number of hydrogen-bond acceptors (Lipinski definition) is 4. The van der Waals surface area contributed by atoms with Crippen molar-refractivity contribution in [2.24, 2.45) is 0 Å². The first-order valence-corrected chi connectivity index (χ1v) is 19.8. The number of anilines is 1. The number of unbranched alkanes of at least 4 members (excludes halogenated alkanes) is 3. The topological polar surface area (TPSA) is 32.3 Å². The molecule has 0 radical (unpaired) electrons. The molecule has 0 saturated carbocycles. The minimum atomic E-state index is -2.65. The SMILES string of the molecule is CCC[CH2][Sn]([CH2]CCC)([CH2]CCC)[c]1nc(N2CCN(C)CC2)nc2ccccc12. The number of piperazine rings is 1. The van der Waals surface area contributed by atoms with Gasteiger partial charge >= 0.3 is 189 Å². The van der Waals surface area contributed by atoms with Crippen molar-refractivity contribution in [3.05, 3.63) is 24.3 Å². The molecule has 2 aromatic rings. The number of rotatable bonds is 11. The van der Waals surface area contributed by atoms with Crippen molar-refractivity contribution in [2.75, 3.05) is 38.1 Å². The third-order valence-corrected chi connectivity index (χ3v) is 22.1. The molecule has 0 atom stereocenters. The fourth-order valence-electron chi connectivity index (χ4n) is 4.89. The van der Waals surface area contributed by atoms with Gasteiger partial charge in [0.15, 0.2) is 0 Å². The Morgan fingerprint density at radius 3 is 1.93 bits per heavy atom. The van der Waals surface area contributed by atoms with Crippen LogP contribution in [0.2, 0.25) is 13.3 Å². The fourth-order valence-corrected chi connectivity index (χ4v) is 21.1. The normalized spacial score (nSPS) is 15.8. The second-order valence-electron chi connectivity index (χ2n) is 9.27. The molecule has 0 amide bonds. The summed E-state index contributed by atoms with van der Waals surface area (Å²) in [6.07, 6.45) is 7.99. The zero-order valence-corrected chi connectivity index (χ0v) is 22.6. The predicted octanol–water partition coefficient (Wildman–Crippen LogP) is 5.44. The van der Waals surface area contributed by atoms with E-state index in [0.717, 1.165) is 32.1 Å². The molecule has 1 aromatic heterocycles. The molecule has 30 heavy (non-hydrogen) atoms. The number of hydrogen-bond donors (Lipinski definition) is 0. The van der Waals surface area contributed by atoms with E-state index in [0.29, 0.717) is 0 Å². The van der Waals surface area contributed by atoms with Crippen molar-refractivity contribution < 1.29 is 0 Å². The Morgan fingerprint density at radius 1 is 0.800 bits per heavy atom. The van der Waals surface area contributed by atoms with Gasteiger partial charge in [-0.25, -0.2) is 0 Å². The maximum atomic E-state index is 5.47. The van der Waals surface area contributed by atoms with Crippen LogP contribution in [0.25, 0.3) is 10.9 Å². The number of aromatic nitrogens is 2. The summed E-state index contributed by atoms with van der Waals surface area (Å²) in [6.45, 7) is 11.3. The average Bonchev–Trinajstić information content (AvgIpc) is 2.79. The second kappa shape index (κ2) is 11.7. The van der Waals surface area contributed by atoms with E-state index in [1.165, 1.54) is 62.7 Å². The predicted molar refractivity (Wildman–Crippen MR) is 134 cm³/mol. The first-order chi connectivity index (χ1) is 14.6. The van der Waals surface area contributed by atoms with Gasteiger partial charge in [0.2, 0.25) is 0 Å². The van der Waals surface area contributed by atoms with Gasteiger partial charge in [0.05, 0.1) is 0 Å². The van der Waals surface area contributed by atoms with Gasteiger partial charge in [-0.2, -0.15) is 0 Å². The van der Waals surface area contributed by atoms with Crippen LogP contribution in [0.1, 0.15) is 59.3 Å².